The van der Waals surface area contributed by atoms with Gasteiger partial charge in [-0.25, -0.2) is 4.98 Å². The number of rotatable bonds is 0. The van der Waals surface area contributed by atoms with Crippen LogP contribution in [0.2, 0.25) is 0 Å². The van der Waals surface area contributed by atoms with Gasteiger partial charge < -0.3 is 4.98 Å². The van der Waals surface area contributed by atoms with Crippen LogP contribution in [0, 0.1) is 0 Å². The van der Waals surface area contributed by atoms with Crippen molar-refractivity contribution in [3.05, 3.63) is 55.2 Å². The van der Waals surface area contributed by atoms with E-state index in [1.807, 2.05) is 24.3 Å². The number of hydrogen-bond acceptors (Lipinski definition) is 5. The van der Waals surface area contributed by atoms with Gasteiger partial charge in [0.25, 0.3) is 0 Å². The monoisotopic (exact) mass is 250 g/mol. The lowest BCUT2D eigenvalue weighted by Crippen LogP contribution is -1.78. The van der Waals surface area contributed by atoms with Crippen molar-refractivity contribution in [2.45, 2.75) is 0 Å². The maximum atomic E-state index is 4.12. The van der Waals surface area contributed by atoms with E-state index in [4.69, 9.17) is 0 Å². The summed E-state index contributed by atoms with van der Waals surface area (Å²) in [5, 5.41) is 7.44. The third-order valence-corrected chi connectivity index (χ3v) is 2.47. The fraction of sp³-hybridized carbons (Fsp3) is 0. The van der Waals surface area contributed by atoms with Crippen LogP contribution >= 0.6 is 0 Å². The second-order valence-electron chi connectivity index (χ2n) is 3.71. The summed E-state index contributed by atoms with van der Waals surface area (Å²) in [4.78, 5) is 15.0. The quantitative estimate of drug-likeness (QED) is 0.516. The van der Waals surface area contributed by atoms with Crippen LogP contribution in [0.15, 0.2) is 55.2 Å². The first-order valence-corrected chi connectivity index (χ1v) is 5.70. The Kier molecular flexibility index (Phi) is 3.05. The zero-order valence-electron chi connectivity index (χ0n) is 9.93. The molecule has 4 aromatic heterocycles. The summed E-state index contributed by atoms with van der Waals surface area (Å²) >= 11 is 0. The van der Waals surface area contributed by atoms with E-state index in [0.717, 1.165) is 22.2 Å². The first-order chi connectivity index (χ1) is 9.43. The van der Waals surface area contributed by atoms with Crippen molar-refractivity contribution in [1.82, 2.24) is 30.1 Å². The Balaban J connectivity index is 0.000000117. The molecule has 19 heavy (non-hydrogen) atoms. The standard InChI is InChI=1S/C8H6N2.C5H4N4/c1-3-7-8(9-5-1)4-2-6-10-7;1-2-8-9-5-4(1)6-3-7-5/h1-6H;1-3H,(H,6,7,9). The number of imidazole rings is 1. The van der Waals surface area contributed by atoms with E-state index in [1.54, 1.807) is 31.0 Å². The summed E-state index contributed by atoms with van der Waals surface area (Å²) in [6.07, 6.45) is 6.75. The Morgan fingerprint density at radius 3 is 2.16 bits per heavy atom. The molecule has 0 aliphatic carbocycles. The molecule has 0 saturated heterocycles. The summed E-state index contributed by atoms with van der Waals surface area (Å²) in [5.41, 5.74) is 3.48. The molecular formula is C13H10N6. The Bertz CT molecular complexity index is 699. The predicted octanol–water partition coefficient (Wildman–Crippen LogP) is 1.98. The third-order valence-electron chi connectivity index (χ3n) is 2.47. The van der Waals surface area contributed by atoms with E-state index in [0.29, 0.717) is 0 Å². The highest BCUT2D eigenvalue weighted by Gasteiger charge is 1.91. The molecule has 0 bridgehead atoms. The van der Waals surface area contributed by atoms with E-state index < -0.39 is 0 Å². The van der Waals surface area contributed by atoms with Crippen molar-refractivity contribution in [3.8, 4) is 0 Å². The number of H-pyrrole nitrogens is 1. The van der Waals surface area contributed by atoms with E-state index in [2.05, 4.69) is 30.1 Å². The maximum Gasteiger partial charge on any atom is 0.179 e. The molecule has 0 atom stereocenters. The minimum Gasteiger partial charge on any atom is -0.328 e. The number of pyridine rings is 2. The highest BCUT2D eigenvalue weighted by atomic mass is 15.1. The van der Waals surface area contributed by atoms with Gasteiger partial charge in [-0.3, -0.25) is 9.97 Å². The molecule has 4 rings (SSSR count). The zero-order valence-corrected chi connectivity index (χ0v) is 9.93. The first kappa shape index (κ1) is 11.2. The Morgan fingerprint density at radius 1 is 0.737 bits per heavy atom. The molecule has 0 fully saturated rings. The molecule has 92 valence electrons. The van der Waals surface area contributed by atoms with Gasteiger partial charge in [0.1, 0.15) is 5.52 Å². The average molecular weight is 250 g/mol. The highest BCUT2D eigenvalue weighted by Crippen LogP contribution is 2.04. The summed E-state index contributed by atoms with van der Waals surface area (Å²) in [6.45, 7) is 0. The van der Waals surface area contributed by atoms with Crippen LogP contribution < -0.4 is 0 Å². The number of nitrogens with zero attached hydrogens (tertiary/aromatic N) is 5. The lowest BCUT2D eigenvalue weighted by Gasteiger charge is -1.90. The van der Waals surface area contributed by atoms with Gasteiger partial charge in [-0.05, 0) is 30.3 Å². The molecule has 6 heteroatoms. The summed E-state index contributed by atoms with van der Waals surface area (Å²) < 4.78 is 0. The lowest BCUT2D eigenvalue weighted by molar-refractivity contribution is 1.06. The summed E-state index contributed by atoms with van der Waals surface area (Å²) in [6, 6.07) is 9.47. The van der Waals surface area contributed by atoms with Crippen molar-refractivity contribution >= 4 is 22.2 Å². The molecule has 6 nitrogen and oxygen atoms in total. The normalized spacial score (nSPS) is 10.1. The number of nitrogens with one attached hydrogen (secondary N) is 1. The molecule has 0 aliphatic heterocycles. The number of aromatic amines is 1. The number of fused-ring (bicyclic) bond motifs is 2. The van der Waals surface area contributed by atoms with Gasteiger partial charge in [-0.15, -0.1) is 5.10 Å². The SMILES string of the molecule is c1cc2nc[nH]c2nn1.c1cnc2cccnc2c1. The molecule has 4 heterocycles. The van der Waals surface area contributed by atoms with Gasteiger partial charge in [-0.2, -0.15) is 5.10 Å². The average Bonchev–Trinajstić information content (AvgIpc) is 2.96. The third kappa shape index (κ3) is 2.52. The molecule has 0 radical (unpaired) electrons. The van der Waals surface area contributed by atoms with Gasteiger partial charge in [-0.1, -0.05) is 0 Å². The van der Waals surface area contributed by atoms with Crippen LogP contribution in [0.1, 0.15) is 0 Å². The topological polar surface area (TPSA) is 80.2 Å². The molecular weight excluding hydrogens is 240 g/mol. The summed E-state index contributed by atoms with van der Waals surface area (Å²) in [7, 11) is 0. The van der Waals surface area contributed by atoms with Crippen molar-refractivity contribution in [2.24, 2.45) is 0 Å². The number of aromatic nitrogens is 6. The van der Waals surface area contributed by atoms with E-state index in [9.17, 15) is 0 Å². The van der Waals surface area contributed by atoms with Gasteiger partial charge in [0.05, 0.1) is 23.6 Å². The van der Waals surface area contributed by atoms with Crippen molar-refractivity contribution < 1.29 is 0 Å². The van der Waals surface area contributed by atoms with Gasteiger partial charge in [0.15, 0.2) is 5.65 Å². The molecule has 0 spiro atoms. The van der Waals surface area contributed by atoms with Crippen molar-refractivity contribution in [3.63, 3.8) is 0 Å². The zero-order chi connectivity index (χ0) is 12.9. The summed E-state index contributed by atoms with van der Waals surface area (Å²) in [5.74, 6) is 0. The van der Waals surface area contributed by atoms with Crippen LogP contribution in [0.25, 0.3) is 22.2 Å². The molecule has 0 aliphatic rings. The van der Waals surface area contributed by atoms with E-state index >= 15 is 0 Å². The second kappa shape index (κ2) is 5.18. The van der Waals surface area contributed by atoms with Crippen LogP contribution in [0.4, 0.5) is 0 Å². The Labute approximate surface area is 108 Å². The van der Waals surface area contributed by atoms with Crippen LogP contribution in [-0.2, 0) is 0 Å². The predicted molar refractivity (Wildman–Crippen MR) is 71.2 cm³/mol. The first-order valence-electron chi connectivity index (χ1n) is 5.70. The van der Waals surface area contributed by atoms with Gasteiger partial charge in [0, 0.05) is 12.4 Å². The minimum absolute atomic E-state index is 0.734. The fourth-order valence-electron chi connectivity index (χ4n) is 1.60. The maximum absolute atomic E-state index is 4.12. The minimum atomic E-state index is 0.734. The molecule has 0 amide bonds. The van der Waals surface area contributed by atoms with E-state index in [-0.39, 0.29) is 0 Å². The van der Waals surface area contributed by atoms with Crippen LogP contribution in [0.3, 0.4) is 0 Å². The van der Waals surface area contributed by atoms with E-state index in [1.165, 1.54) is 0 Å². The second-order valence-corrected chi connectivity index (χ2v) is 3.71. The molecule has 0 saturated carbocycles. The fourth-order valence-corrected chi connectivity index (χ4v) is 1.60. The smallest absolute Gasteiger partial charge is 0.179 e. The Hall–Kier alpha value is -2.89. The van der Waals surface area contributed by atoms with Gasteiger partial charge in [0.2, 0.25) is 0 Å². The van der Waals surface area contributed by atoms with Crippen molar-refractivity contribution in [1.29, 1.82) is 0 Å². The lowest BCUT2D eigenvalue weighted by atomic mass is 10.3. The molecule has 1 N–H and O–H groups in total. The van der Waals surface area contributed by atoms with Gasteiger partial charge >= 0.3 is 0 Å². The van der Waals surface area contributed by atoms with Crippen LogP contribution in [-0.4, -0.2) is 30.1 Å². The van der Waals surface area contributed by atoms with Crippen molar-refractivity contribution in [2.75, 3.05) is 0 Å². The molecule has 4 aromatic rings. The highest BCUT2D eigenvalue weighted by molar-refractivity contribution is 5.72. The molecule has 0 aromatic carbocycles. The number of hydrogen-bond donors (Lipinski definition) is 1. The molecule has 0 unspecified atom stereocenters. The largest absolute Gasteiger partial charge is 0.328 e. The van der Waals surface area contributed by atoms with Crippen LogP contribution in [0.5, 0.6) is 0 Å². The Morgan fingerprint density at radius 2 is 1.47 bits per heavy atom.